The summed E-state index contributed by atoms with van der Waals surface area (Å²) in [6.45, 7) is 0.823. The molecule has 1 fully saturated rings. The minimum Gasteiger partial charge on any atom is -0.373 e. The Morgan fingerprint density at radius 3 is 2.78 bits per heavy atom. The molecule has 0 unspecified atom stereocenters. The Kier molecular flexibility index (Phi) is 4.71. The lowest BCUT2D eigenvalue weighted by Crippen LogP contribution is -2.21. The highest BCUT2D eigenvalue weighted by Crippen LogP contribution is 2.40. The van der Waals surface area contributed by atoms with Crippen LogP contribution in [0, 0.1) is 0 Å². The van der Waals surface area contributed by atoms with Crippen LogP contribution in [0.1, 0.15) is 24.5 Å². The van der Waals surface area contributed by atoms with Crippen molar-refractivity contribution in [3.63, 3.8) is 0 Å². The van der Waals surface area contributed by atoms with Gasteiger partial charge in [-0.2, -0.15) is 0 Å². The maximum atomic E-state index is 5.99. The number of aromatic nitrogens is 1. The van der Waals surface area contributed by atoms with Crippen LogP contribution < -0.4 is 0 Å². The van der Waals surface area contributed by atoms with Gasteiger partial charge in [-0.15, -0.1) is 11.3 Å². The van der Waals surface area contributed by atoms with Crippen LogP contribution in [-0.4, -0.2) is 16.8 Å². The predicted molar refractivity (Wildman–Crippen MR) is 101 cm³/mol. The first kappa shape index (κ1) is 15.6. The zero-order chi connectivity index (χ0) is 15.6. The van der Waals surface area contributed by atoms with Gasteiger partial charge in [0.15, 0.2) is 4.34 Å². The van der Waals surface area contributed by atoms with Gasteiger partial charge < -0.3 is 4.74 Å². The smallest absolute Gasteiger partial charge is 0.151 e. The number of ether oxygens (including phenoxy) is 1. The summed E-state index contributed by atoms with van der Waals surface area (Å²) in [6.07, 6.45) is 2.33. The van der Waals surface area contributed by atoms with Gasteiger partial charge in [-0.3, -0.25) is 0 Å². The summed E-state index contributed by atoms with van der Waals surface area (Å²) in [5.74, 6) is 0. The van der Waals surface area contributed by atoms with Crippen LogP contribution in [0.15, 0.2) is 57.3 Å². The van der Waals surface area contributed by atoms with Gasteiger partial charge in [0.25, 0.3) is 0 Å². The summed E-state index contributed by atoms with van der Waals surface area (Å²) in [4.78, 5) is 4.75. The fourth-order valence-corrected chi connectivity index (χ4v) is 5.58. The molecule has 0 bridgehead atoms. The van der Waals surface area contributed by atoms with Crippen molar-refractivity contribution < 1.29 is 4.74 Å². The van der Waals surface area contributed by atoms with Crippen LogP contribution >= 0.6 is 39.0 Å². The fraction of sp³-hybridized carbons (Fsp3) is 0.278. The van der Waals surface area contributed by atoms with Gasteiger partial charge in [0.05, 0.1) is 16.3 Å². The lowest BCUT2D eigenvalue weighted by molar-refractivity contribution is 0.0178. The first-order valence-corrected chi connectivity index (χ1v) is 10.2. The van der Waals surface area contributed by atoms with Crippen molar-refractivity contribution in [1.82, 2.24) is 4.98 Å². The molecule has 4 rings (SSSR count). The van der Waals surface area contributed by atoms with Gasteiger partial charge in [0.2, 0.25) is 0 Å². The molecule has 0 spiro atoms. The Labute approximate surface area is 152 Å². The number of nitrogens with zero attached hydrogens (tertiary/aromatic N) is 1. The number of benzene rings is 2. The van der Waals surface area contributed by atoms with E-state index in [1.165, 1.54) is 14.6 Å². The number of hydrogen-bond acceptors (Lipinski definition) is 4. The molecule has 1 aliphatic rings. The Morgan fingerprint density at radius 2 is 1.96 bits per heavy atom. The minimum atomic E-state index is 0.198. The average molecular weight is 406 g/mol. The van der Waals surface area contributed by atoms with Crippen molar-refractivity contribution in [3.05, 3.63) is 58.6 Å². The molecule has 1 saturated heterocycles. The molecular formula is C18H16BrNOS2. The van der Waals surface area contributed by atoms with Crippen molar-refractivity contribution in [2.75, 3.05) is 6.61 Å². The van der Waals surface area contributed by atoms with E-state index < -0.39 is 0 Å². The summed E-state index contributed by atoms with van der Waals surface area (Å²) >= 11 is 7.20. The second-order valence-electron chi connectivity index (χ2n) is 5.62. The largest absolute Gasteiger partial charge is 0.373 e. The van der Waals surface area contributed by atoms with E-state index in [9.17, 15) is 0 Å². The number of thioether (sulfide) groups is 1. The second kappa shape index (κ2) is 6.93. The van der Waals surface area contributed by atoms with E-state index in [-0.39, 0.29) is 6.10 Å². The van der Waals surface area contributed by atoms with Crippen molar-refractivity contribution in [3.8, 4) is 0 Å². The molecule has 2 heterocycles. The summed E-state index contributed by atoms with van der Waals surface area (Å²) in [6, 6.07) is 16.8. The maximum Gasteiger partial charge on any atom is 0.151 e. The standard InChI is InChI=1S/C18H16BrNOS2/c19-13-7-5-12(6-8-13)16-11-14(9-10-21-16)22-18-20-15-3-1-2-4-17(15)23-18/h1-8,14,16H,9-11H2/t14-,16+/m0/s1. The lowest BCUT2D eigenvalue weighted by Gasteiger charge is -2.29. The number of para-hydroxylation sites is 1. The van der Waals surface area contributed by atoms with E-state index in [2.05, 4.69) is 64.5 Å². The Bertz CT molecular complexity index is 769. The summed E-state index contributed by atoms with van der Waals surface area (Å²) in [5, 5.41) is 0.568. The normalized spacial score (nSPS) is 21.6. The highest BCUT2D eigenvalue weighted by Gasteiger charge is 2.25. The minimum absolute atomic E-state index is 0.198. The summed E-state index contributed by atoms with van der Waals surface area (Å²) in [5.41, 5.74) is 2.37. The predicted octanol–water partition coefficient (Wildman–Crippen LogP) is 6.07. The maximum absolute atomic E-state index is 5.99. The Morgan fingerprint density at radius 1 is 1.13 bits per heavy atom. The van der Waals surface area contributed by atoms with Crippen molar-refractivity contribution in [2.45, 2.75) is 28.5 Å². The van der Waals surface area contributed by atoms with E-state index in [4.69, 9.17) is 9.72 Å². The number of hydrogen-bond donors (Lipinski definition) is 0. The molecule has 2 atom stereocenters. The van der Waals surface area contributed by atoms with Crippen LogP contribution in [0.4, 0.5) is 0 Å². The molecule has 23 heavy (non-hydrogen) atoms. The van der Waals surface area contributed by atoms with Crippen molar-refractivity contribution in [1.29, 1.82) is 0 Å². The van der Waals surface area contributed by atoms with Crippen LogP contribution in [0.5, 0.6) is 0 Å². The monoisotopic (exact) mass is 405 g/mol. The zero-order valence-corrected chi connectivity index (χ0v) is 15.7. The van der Waals surface area contributed by atoms with Crippen LogP contribution in [0.25, 0.3) is 10.2 Å². The molecule has 0 aliphatic carbocycles. The van der Waals surface area contributed by atoms with E-state index in [0.717, 1.165) is 29.4 Å². The molecule has 0 N–H and O–H groups in total. The molecule has 0 amide bonds. The highest BCUT2D eigenvalue weighted by atomic mass is 79.9. The van der Waals surface area contributed by atoms with Gasteiger partial charge in [-0.05, 0) is 42.7 Å². The summed E-state index contributed by atoms with van der Waals surface area (Å²) < 4.78 is 9.54. The number of rotatable bonds is 3. The first-order valence-electron chi connectivity index (χ1n) is 7.67. The molecule has 2 nitrogen and oxygen atoms in total. The topological polar surface area (TPSA) is 22.1 Å². The van der Waals surface area contributed by atoms with E-state index in [0.29, 0.717) is 5.25 Å². The van der Waals surface area contributed by atoms with Gasteiger partial charge in [-0.1, -0.05) is 52.0 Å². The molecule has 5 heteroatoms. The number of fused-ring (bicyclic) bond motifs is 1. The van der Waals surface area contributed by atoms with E-state index in [1.54, 1.807) is 11.3 Å². The van der Waals surface area contributed by atoms with Gasteiger partial charge in [-0.25, -0.2) is 4.98 Å². The molecule has 0 radical (unpaired) electrons. The van der Waals surface area contributed by atoms with Gasteiger partial charge in [0, 0.05) is 16.3 Å². The average Bonchev–Trinajstić information content (AvgIpc) is 2.98. The van der Waals surface area contributed by atoms with E-state index in [1.807, 2.05) is 11.8 Å². The molecular weight excluding hydrogens is 390 g/mol. The highest BCUT2D eigenvalue weighted by molar-refractivity contribution is 9.10. The van der Waals surface area contributed by atoms with Gasteiger partial charge >= 0.3 is 0 Å². The molecule has 1 aliphatic heterocycles. The molecule has 118 valence electrons. The van der Waals surface area contributed by atoms with Crippen LogP contribution in [0.2, 0.25) is 0 Å². The fourth-order valence-electron chi connectivity index (χ4n) is 2.83. The first-order chi connectivity index (χ1) is 11.3. The van der Waals surface area contributed by atoms with Crippen LogP contribution in [0.3, 0.4) is 0 Å². The SMILES string of the molecule is Brc1ccc([C@H]2C[C@@H](Sc3nc4ccccc4s3)CCO2)cc1. The molecule has 0 saturated carbocycles. The molecule has 1 aromatic heterocycles. The quantitative estimate of drug-likeness (QED) is 0.527. The second-order valence-corrected chi connectivity index (χ2v) is 9.12. The number of halogens is 1. The third-order valence-electron chi connectivity index (χ3n) is 4.02. The lowest BCUT2D eigenvalue weighted by atomic mass is 10.0. The third kappa shape index (κ3) is 3.63. The van der Waals surface area contributed by atoms with Crippen LogP contribution in [-0.2, 0) is 4.74 Å². The zero-order valence-electron chi connectivity index (χ0n) is 12.4. The Balaban J connectivity index is 1.47. The van der Waals surface area contributed by atoms with Crippen molar-refractivity contribution >= 4 is 49.2 Å². The Hall–Kier alpha value is -0.880. The molecule has 3 aromatic rings. The third-order valence-corrected chi connectivity index (χ3v) is 6.97. The van der Waals surface area contributed by atoms with E-state index >= 15 is 0 Å². The molecule has 2 aromatic carbocycles. The number of thiazole rings is 1. The van der Waals surface area contributed by atoms with Gasteiger partial charge in [0.1, 0.15) is 0 Å². The van der Waals surface area contributed by atoms with Crippen molar-refractivity contribution in [2.24, 2.45) is 0 Å². The summed E-state index contributed by atoms with van der Waals surface area (Å²) in [7, 11) is 0.